The highest BCUT2D eigenvalue weighted by atomic mass is 19.4. The van der Waals surface area contributed by atoms with Gasteiger partial charge in [-0.1, -0.05) is 6.42 Å². The van der Waals surface area contributed by atoms with E-state index in [9.17, 15) is 23.1 Å². The topological polar surface area (TPSA) is 96.4 Å². The molecule has 7 nitrogen and oxygen atoms in total. The molecule has 2 saturated carbocycles. The Bertz CT molecular complexity index is 644. The van der Waals surface area contributed by atoms with E-state index in [1.54, 1.807) is 0 Å². The first-order valence-electron chi connectivity index (χ1n) is 8.48. The molecule has 1 atom stereocenters. The number of hydrogen-bond acceptors (Lipinski definition) is 5. The van der Waals surface area contributed by atoms with Crippen molar-refractivity contribution < 1.29 is 27.8 Å². The van der Waals surface area contributed by atoms with Crippen LogP contribution in [0.25, 0.3) is 0 Å². The number of rotatable bonds is 6. The maximum absolute atomic E-state index is 12.2. The summed E-state index contributed by atoms with van der Waals surface area (Å²) < 4.78 is 41.2. The van der Waals surface area contributed by atoms with Crippen molar-refractivity contribution in [1.29, 1.82) is 0 Å². The minimum absolute atomic E-state index is 0.116. The van der Waals surface area contributed by atoms with E-state index in [-0.39, 0.29) is 17.6 Å². The summed E-state index contributed by atoms with van der Waals surface area (Å²) >= 11 is 0. The zero-order chi connectivity index (χ0) is 18.8. The molecule has 0 radical (unpaired) electrons. The number of carbonyl (C=O) groups is 1. The lowest BCUT2D eigenvalue weighted by Gasteiger charge is -2.54. The first-order chi connectivity index (χ1) is 12.3. The van der Waals surface area contributed by atoms with Crippen molar-refractivity contribution in [2.75, 3.05) is 13.2 Å². The predicted octanol–water partition coefficient (Wildman–Crippen LogP) is 2.08. The first-order valence-corrected chi connectivity index (χ1v) is 8.48. The highest BCUT2D eigenvalue weighted by Gasteiger charge is 2.48. The summed E-state index contributed by atoms with van der Waals surface area (Å²) in [6.45, 7) is -1.94. The second-order valence-electron chi connectivity index (χ2n) is 7.00. The molecule has 0 aromatic carbocycles. The fourth-order valence-electron chi connectivity index (χ4n) is 3.55. The van der Waals surface area contributed by atoms with Gasteiger partial charge in [0.25, 0.3) is 0 Å². The van der Waals surface area contributed by atoms with Gasteiger partial charge in [0.15, 0.2) is 6.61 Å². The maximum atomic E-state index is 12.2. The summed E-state index contributed by atoms with van der Waals surface area (Å²) in [5.41, 5.74) is 0.588. The number of aromatic nitrogens is 2. The van der Waals surface area contributed by atoms with E-state index in [0.717, 1.165) is 19.2 Å². The van der Waals surface area contributed by atoms with Gasteiger partial charge in [-0.15, -0.1) is 0 Å². The molecule has 10 heteroatoms. The van der Waals surface area contributed by atoms with Crippen LogP contribution in [0.3, 0.4) is 0 Å². The van der Waals surface area contributed by atoms with Crippen LogP contribution >= 0.6 is 0 Å². The number of alkyl halides is 3. The molecule has 1 heterocycles. The molecule has 2 amide bonds. The average molecular weight is 374 g/mol. The number of carbonyl (C=O) groups excluding carboxylic acids is 1. The van der Waals surface area contributed by atoms with E-state index in [0.29, 0.717) is 5.41 Å². The minimum atomic E-state index is -4.49. The number of aliphatic hydroxyl groups is 1. The largest absolute Gasteiger partial charge is 0.468 e. The lowest BCUT2D eigenvalue weighted by atomic mass is 9.54. The van der Waals surface area contributed by atoms with E-state index in [4.69, 9.17) is 0 Å². The van der Waals surface area contributed by atoms with Crippen LogP contribution in [-0.4, -0.2) is 46.5 Å². The molecule has 0 saturated heterocycles. The van der Waals surface area contributed by atoms with Crippen molar-refractivity contribution in [3.63, 3.8) is 0 Å². The van der Waals surface area contributed by atoms with Crippen LogP contribution in [-0.2, 0) is 0 Å². The molecule has 3 N–H and O–H groups in total. The number of halogens is 3. The summed E-state index contributed by atoms with van der Waals surface area (Å²) in [6.07, 6.45) is 2.15. The Labute approximate surface area is 148 Å². The van der Waals surface area contributed by atoms with Gasteiger partial charge in [-0.2, -0.15) is 13.2 Å². The maximum Gasteiger partial charge on any atom is 0.422 e. The highest BCUT2D eigenvalue weighted by Crippen LogP contribution is 2.55. The molecular formula is C16H21F3N4O3. The fraction of sp³-hybridized carbons (Fsp3) is 0.688. The van der Waals surface area contributed by atoms with Crippen molar-refractivity contribution in [1.82, 2.24) is 20.6 Å². The molecule has 144 valence electrons. The van der Waals surface area contributed by atoms with Crippen molar-refractivity contribution >= 4 is 6.03 Å². The first kappa shape index (κ1) is 18.7. The summed E-state index contributed by atoms with van der Waals surface area (Å²) in [6, 6.07) is -0.0334. The van der Waals surface area contributed by atoms with Gasteiger partial charge >= 0.3 is 12.2 Å². The van der Waals surface area contributed by atoms with E-state index in [1.807, 2.05) is 0 Å². The Morgan fingerprint density at radius 3 is 2.69 bits per heavy atom. The quantitative estimate of drug-likeness (QED) is 0.709. The molecule has 1 aromatic rings. The van der Waals surface area contributed by atoms with Crippen LogP contribution in [0.15, 0.2) is 12.4 Å². The Balaban J connectivity index is 1.52. The van der Waals surface area contributed by atoms with Crippen LogP contribution in [0.4, 0.5) is 18.0 Å². The van der Waals surface area contributed by atoms with Crippen LogP contribution < -0.4 is 15.4 Å². The molecule has 0 bridgehead atoms. The van der Waals surface area contributed by atoms with E-state index >= 15 is 0 Å². The Hall–Kier alpha value is -2.10. The number of aliphatic hydroxyl groups excluding tert-OH is 1. The third-order valence-corrected chi connectivity index (χ3v) is 5.00. The number of hydrogen-bond donors (Lipinski definition) is 3. The van der Waals surface area contributed by atoms with Crippen LogP contribution in [0.2, 0.25) is 0 Å². The number of amides is 2. The molecule has 0 aliphatic heterocycles. The van der Waals surface area contributed by atoms with Crippen molar-refractivity contribution in [2.24, 2.45) is 5.41 Å². The molecule has 2 fully saturated rings. The van der Waals surface area contributed by atoms with Gasteiger partial charge in [0.2, 0.25) is 5.88 Å². The molecule has 1 spiro atoms. The van der Waals surface area contributed by atoms with Gasteiger partial charge in [-0.05, 0) is 31.1 Å². The third-order valence-electron chi connectivity index (χ3n) is 5.00. The summed E-state index contributed by atoms with van der Waals surface area (Å²) in [5.74, 6) is -0.279. The smallest absolute Gasteiger partial charge is 0.422 e. The number of nitrogens with zero attached hydrogens (tertiary/aromatic N) is 2. The van der Waals surface area contributed by atoms with Gasteiger partial charge in [0, 0.05) is 12.1 Å². The minimum Gasteiger partial charge on any atom is -0.468 e. The zero-order valence-electron chi connectivity index (χ0n) is 14.1. The number of urea groups is 1. The molecule has 3 rings (SSSR count). The number of nitrogens with one attached hydrogen (secondary N) is 2. The van der Waals surface area contributed by atoms with Gasteiger partial charge < -0.3 is 20.5 Å². The van der Waals surface area contributed by atoms with Gasteiger partial charge in [0.1, 0.15) is 6.33 Å². The standard InChI is InChI=1S/C16H21F3N4O3/c17-16(18,19)8-26-13-4-11(20-9-21-13)12(7-24)23-14(25)22-10-5-15(6-10)2-1-3-15/h4,9-10,12,24H,1-3,5-8H2,(H2,22,23,25). The summed E-state index contributed by atoms with van der Waals surface area (Å²) in [4.78, 5) is 19.6. The van der Waals surface area contributed by atoms with Gasteiger partial charge in [0.05, 0.1) is 18.3 Å². The van der Waals surface area contributed by atoms with Crippen LogP contribution in [0.5, 0.6) is 5.88 Å². The van der Waals surface area contributed by atoms with Gasteiger partial charge in [-0.3, -0.25) is 0 Å². The van der Waals surface area contributed by atoms with E-state index in [1.165, 1.54) is 25.3 Å². The van der Waals surface area contributed by atoms with Crippen LogP contribution in [0, 0.1) is 5.41 Å². The summed E-state index contributed by atoms with van der Waals surface area (Å²) in [5, 5.41) is 14.9. The molecular weight excluding hydrogens is 353 g/mol. The zero-order valence-corrected chi connectivity index (χ0v) is 14.1. The number of ether oxygens (including phenoxy) is 1. The highest BCUT2D eigenvalue weighted by molar-refractivity contribution is 5.75. The van der Waals surface area contributed by atoms with E-state index < -0.39 is 31.5 Å². The Kier molecular flexibility index (Phi) is 5.22. The van der Waals surface area contributed by atoms with E-state index in [2.05, 4.69) is 25.3 Å². The normalized spacial score (nSPS) is 20.0. The molecule has 2 aliphatic rings. The van der Waals surface area contributed by atoms with Gasteiger partial charge in [-0.25, -0.2) is 14.8 Å². The second-order valence-corrected chi connectivity index (χ2v) is 7.00. The molecule has 1 aromatic heterocycles. The third kappa shape index (κ3) is 4.54. The van der Waals surface area contributed by atoms with Crippen LogP contribution in [0.1, 0.15) is 43.8 Å². The average Bonchev–Trinajstić information content (AvgIpc) is 2.51. The molecule has 26 heavy (non-hydrogen) atoms. The van der Waals surface area contributed by atoms with Crippen molar-refractivity contribution in [2.45, 2.75) is 50.4 Å². The molecule has 1 unspecified atom stereocenters. The Morgan fingerprint density at radius 2 is 2.12 bits per heavy atom. The predicted molar refractivity (Wildman–Crippen MR) is 84.4 cm³/mol. The fourth-order valence-corrected chi connectivity index (χ4v) is 3.55. The van der Waals surface area contributed by atoms with Crippen molar-refractivity contribution in [3.05, 3.63) is 18.1 Å². The summed E-state index contributed by atoms with van der Waals surface area (Å²) in [7, 11) is 0. The second kappa shape index (κ2) is 7.26. The monoisotopic (exact) mass is 374 g/mol. The SMILES string of the molecule is O=C(NC1CC2(CCC2)C1)NC(CO)c1cc(OCC(F)(F)F)ncn1. The lowest BCUT2D eigenvalue weighted by molar-refractivity contribution is -0.154. The van der Waals surface area contributed by atoms with Crippen molar-refractivity contribution in [3.8, 4) is 5.88 Å². The Morgan fingerprint density at radius 1 is 1.38 bits per heavy atom. The lowest BCUT2D eigenvalue weighted by Crippen LogP contribution is -2.56. The molecule has 2 aliphatic carbocycles.